The minimum Gasteiger partial charge on any atom is -0.481 e. The lowest BCUT2D eigenvalue weighted by Gasteiger charge is -2.25. The predicted octanol–water partition coefficient (Wildman–Crippen LogP) is 2.16. The van der Waals surface area contributed by atoms with Crippen molar-refractivity contribution in [3.05, 3.63) is 0 Å². The van der Waals surface area contributed by atoms with Crippen molar-refractivity contribution >= 4 is 11.9 Å². The zero-order chi connectivity index (χ0) is 15.9. The van der Waals surface area contributed by atoms with Crippen LogP contribution in [0.15, 0.2) is 0 Å². The van der Waals surface area contributed by atoms with E-state index in [1.165, 1.54) is 0 Å². The van der Waals surface area contributed by atoms with E-state index < -0.39 is 5.97 Å². The third-order valence-electron chi connectivity index (χ3n) is 3.12. The topological polar surface area (TPSA) is 78.4 Å². The number of rotatable bonds is 8. The Morgan fingerprint density at radius 3 is 2.10 bits per heavy atom. The molecule has 5 heteroatoms. The molecular weight excluding hydrogens is 256 g/mol. The normalized spacial score (nSPS) is 16.3. The van der Waals surface area contributed by atoms with Crippen molar-refractivity contribution in [3.63, 3.8) is 0 Å². The van der Waals surface area contributed by atoms with Crippen LogP contribution in [-0.4, -0.2) is 34.6 Å². The van der Waals surface area contributed by atoms with E-state index in [9.17, 15) is 9.59 Å². The summed E-state index contributed by atoms with van der Waals surface area (Å²) in [4.78, 5) is 22.6. The summed E-state index contributed by atoms with van der Waals surface area (Å²) in [6, 6.07) is -0.0576. The minimum absolute atomic E-state index is 0.0109. The maximum atomic E-state index is 11.9. The van der Waals surface area contributed by atoms with E-state index in [4.69, 9.17) is 5.11 Å². The molecule has 1 amide bonds. The Labute approximate surface area is 122 Å². The zero-order valence-corrected chi connectivity index (χ0v) is 13.6. The average Bonchev–Trinajstić information content (AvgIpc) is 2.26. The average molecular weight is 286 g/mol. The molecule has 0 aromatic carbocycles. The summed E-state index contributed by atoms with van der Waals surface area (Å²) in [5, 5.41) is 15.0. The number of aliphatic carboxylic acids is 1. The maximum absolute atomic E-state index is 11.9. The summed E-state index contributed by atoms with van der Waals surface area (Å²) in [5.74, 6) is -1.06. The van der Waals surface area contributed by atoms with Crippen molar-refractivity contribution in [3.8, 4) is 0 Å². The fourth-order valence-corrected chi connectivity index (χ4v) is 1.92. The number of carboxylic acids is 1. The Morgan fingerprint density at radius 1 is 1.10 bits per heavy atom. The number of carbonyl (C=O) groups is 2. The zero-order valence-electron chi connectivity index (χ0n) is 13.6. The van der Waals surface area contributed by atoms with E-state index in [0.29, 0.717) is 6.42 Å². The van der Waals surface area contributed by atoms with Gasteiger partial charge in [-0.05, 0) is 47.5 Å². The van der Waals surface area contributed by atoms with Crippen molar-refractivity contribution in [1.82, 2.24) is 10.6 Å². The molecule has 3 N–H and O–H groups in total. The van der Waals surface area contributed by atoms with Gasteiger partial charge in [-0.3, -0.25) is 9.59 Å². The number of carboxylic acid groups (broad SMARTS) is 1. The van der Waals surface area contributed by atoms with Gasteiger partial charge in [0.2, 0.25) is 5.91 Å². The van der Waals surface area contributed by atoms with Gasteiger partial charge in [0, 0.05) is 11.6 Å². The molecule has 20 heavy (non-hydrogen) atoms. The highest BCUT2D eigenvalue weighted by Gasteiger charge is 2.20. The van der Waals surface area contributed by atoms with Crippen LogP contribution in [0.1, 0.15) is 60.8 Å². The fraction of sp³-hybridized carbons (Fsp3) is 0.867. The van der Waals surface area contributed by atoms with Crippen LogP contribution in [0.3, 0.4) is 0 Å². The Hall–Kier alpha value is -1.10. The SMILES string of the molecule is CC(CCCC(C)C(=O)O)NC(C)C(=O)NC(C)(C)C. The first-order valence-electron chi connectivity index (χ1n) is 7.34. The highest BCUT2D eigenvalue weighted by Crippen LogP contribution is 2.10. The van der Waals surface area contributed by atoms with Crippen LogP contribution in [0.2, 0.25) is 0 Å². The second-order valence-corrected chi connectivity index (χ2v) is 6.70. The van der Waals surface area contributed by atoms with E-state index in [-0.39, 0.29) is 29.4 Å². The van der Waals surface area contributed by atoms with E-state index in [1.807, 2.05) is 34.6 Å². The quantitative estimate of drug-likeness (QED) is 0.639. The molecule has 0 aromatic rings. The van der Waals surface area contributed by atoms with Crippen molar-refractivity contribution in [2.45, 2.75) is 78.4 Å². The summed E-state index contributed by atoms with van der Waals surface area (Å²) < 4.78 is 0. The van der Waals surface area contributed by atoms with Crippen molar-refractivity contribution in [1.29, 1.82) is 0 Å². The van der Waals surface area contributed by atoms with Crippen molar-refractivity contribution in [2.75, 3.05) is 0 Å². The summed E-state index contributed by atoms with van der Waals surface area (Å²) in [6.07, 6.45) is 2.38. The number of amides is 1. The van der Waals surface area contributed by atoms with Crippen LogP contribution in [0.25, 0.3) is 0 Å². The van der Waals surface area contributed by atoms with Gasteiger partial charge in [-0.25, -0.2) is 0 Å². The molecule has 0 spiro atoms. The van der Waals surface area contributed by atoms with Gasteiger partial charge < -0.3 is 15.7 Å². The Balaban J connectivity index is 3.99. The van der Waals surface area contributed by atoms with Gasteiger partial charge in [0.05, 0.1) is 12.0 Å². The fourth-order valence-electron chi connectivity index (χ4n) is 1.92. The highest BCUT2D eigenvalue weighted by atomic mass is 16.4. The van der Waals surface area contributed by atoms with E-state index in [1.54, 1.807) is 6.92 Å². The van der Waals surface area contributed by atoms with Crippen LogP contribution in [0.4, 0.5) is 0 Å². The van der Waals surface area contributed by atoms with Gasteiger partial charge in [-0.1, -0.05) is 13.3 Å². The maximum Gasteiger partial charge on any atom is 0.306 e. The minimum atomic E-state index is -0.747. The highest BCUT2D eigenvalue weighted by molar-refractivity contribution is 5.81. The molecule has 0 aliphatic heterocycles. The molecule has 0 aliphatic rings. The Bertz CT molecular complexity index is 324. The Kier molecular flexibility index (Phi) is 7.79. The predicted molar refractivity (Wildman–Crippen MR) is 80.6 cm³/mol. The lowest BCUT2D eigenvalue weighted by Crippen LogP contribution is -2.51. The van der Waals surface area contributed by atoms with Gasteiger partial charge in [0.15, 0.2) is 0 Å². The van der Waals surface area contributed by atoms with Crippen LogP contribution in [0, 0.1) is 5.92 Å². The number of carbonyl (C=O) groups excluding carboxylic acids is 1. The van der Waals surface area contributed by atoms with Crippen LogP contribution >= 0.6 is 0 Å². The first-order chi connectivity index (χ1) is 9.03. The first-order valence-corrected chi connectivity index (χ1v) is 7.34. The van der Waals surface area contributed by atoms with Crippen molar-refractivity contribution in [2.24, 2.45) is 5.92 Å². The van der Waals surface area contributed by atoms with Gasteiger partial charge in [0.25, 0.3) is 0 Å². The summed E-state index contributed by atoms with van der Waals surface area (Å²) in [5.41, 5.74) is -0.229. The molecular formula is C15H30N2O3. The molecule has 5 nitrogen and oxygen atoms in total. The molecule has 0 fully saturated rings. The molecule has 0 aliphatic carbocycles. The second kappa shape index (κ2) is 8.25. The molecule has 0 saturated heterocycles. The van der Waals surface area contributed by atoms with Crippen LogP contribution in [0.5, 0.6) is 0 Å². The van der Waals surface area contributed by atoms with E-state index in [0.717, 1.165) is 12.8 Å². The van der Waals surface area contributed by atoms with Gasteiger partial charge in [-0.2, -0.15) is 0 Å². The molecule has 0 rings (SSSR count). The lowest BCUT2D eigenvalue weighted by molar-refractivity contribution is -0.141. The van der Waals surface area contributed by atoms with Crippen LogP contribution < -0.4 is 10.6 Å². The molecule has 3 unspecified atom stereocenters. The standard InChI is InChI=1S/C15H30N2O3/c1-10(14(19)20)8-7-9-11(2)16-12(3)13(18)17-15(4,5)6/h10-12,16H,7-9H2,1-6H3,(H,17,18)(H,19,20). The molecule has 0 radical (unpaired) electrons. The monoisotopic (exact) mass is 286 g/mol. The second-order valence-electron chi connectivity index (χ2n) is 6.70. The van der Waals surface area contributed by atoms with E-state index >= 15 is 0 Å². The molecule has 118 valence electrons. The molecule has 0 bridgehead atoms. The largest absolute Gasteiger partial charge is 0.481 e. The molecule has 0 heterocycles. The smallest absolute Gasteiger partial charge is 0.306 e. The number of hydrogen-bond donors (Lipinski definition) is 3. The van der Waals surface area contributed by atoms with Gasteiger partial charge in [0.1, 0.15) is 0 Å². The Morgan fingerprint density at radius 2 is 1.65 bits per heavy atom. The third kappa shape index (κ3) is 8.91. The lowest BCUT2D eigenvalue weighted by atomic mass is 10.0. The van der Waals surface area contributed by atoms with Crippen molar-refractivity contribution < 1.29 is 14.7 Å². The number of nitrogens with one attached hydrogen (secondary N) is 2. The van der Waals surface area contributed by atoms with E-state index in [2.05, 4.69) is 10.6 Å². The summed E-state index contributed by atoms with van der Waals surface area (Å²) >= 11 is 0. The third-order valence-corrected chi connectivity index (χ3v) is 3.12. The first kappa shape index (κ1) is 18.9. The molecule has 0 aromatic heterocycles. The van der Waals surface area contributed by atoms with Gasteiger partial charge in [-0.15, -0.1) is 0 Å². The van der Waals surface area contributed by atoms with Crippen LogP contribution in [-0.2, 0) is 9.59 Å². The molecule has 3 atom stereocenters. The summed E-state index contributed by atoms with van der Waals surface area (Å²) in [6.45, 7) is 11.4. The number of hydrogen-bond acceptors (Lipinski definition) is 3. The molecule has 0 saturated carbocycles. The summed E-state index contributed by atoms with van der Waals surface area (Å²) in [7, 11) is 0. The van der Waals surface area contributed by atoms with Gasteiger partial charge >= 0.3 is 5.97 Å².